The molecule has 8 heteroatoms. The number of nitriles is 1. The third-order valence-corrected chi connectivity index (χ3v) is 7.45. The fourth-order valence-electron chi connectivity index (χ4n) is 4.76. The molecule has 1 aliphatic rings. The Kier molecular flexibility index (Phi) is 8.52. The van der Waals surface area contributed by atoms with Crippen molar-refractivity contribution >= 4 is 35.0 Å². The van der Waals surface area contributed by atoms with Gasteiger partial charge < -0.3 is 16.0 Å². The summed E-state index contributed by atoms with van der Waals surface area (Å²) in [6.45, 7) is 7.59. The lowest BCUT2D eigenvalue weighted by Crippen LogP contribution is -2.31. The number of benzene rings is 3. The van der Waals surface area contributed by atoms with Gasteiger partial charge in [-0.15, -0.1) is 0 Å². The zero-order valence-electron chi connectivity index (χ0n) is 22.2. The first-order valence-electron chi connectivity index (χ1n) is 12.4. The van der Waals surface area contributed by atoms with E-state index in [2.05, 4.69) is 22.0 Å². The van der Waals surface area contributed by atoms with Crippen LogP contribution in [-0.2, 0) is 9.59 Å². The summed E-state index contributed by atoms with van der Waals surface area (Å²) in [5, 5.41) is 19.6. The number of hydrogen-bond acceptors (Lipinski definition) is 5. The van der Waals surface area contributed by atoms with E-state index in [-0.39, 0.29) is 28.4 Å². The average molecular weight is 541 g/mol. The van der Waals surface area contributed by atoms with Gasteiger partial charge in [0.1, 0.15) is 5.82 Å². The van der Waals surface area contributed by atoms with E-state index in [9.17, 15) is 14.9 Å². The highest BCUT2D eigenvalue weighted by Crippen LogP contribution is 2.41. The highest BCUT2D eigenvalue weighted by Gasteiger charge is 2.36. The summed E-state index contributed by atoms with van der Waals surface area (Å²) in [5.74, 6) is -2.14. The summed E-state index contributed by atoms with van der Waals surface area (Å²) < 4.78 is 15.1. The molecule has 2 amide bonds. The van der Waals surface area contributed by atoms with E-state index in [1.54, 1.807) is 49.4 Å². The summed E-state index contributed by atoms with van der Waals surface area (Å²) in [6, 6.07) is 21.2. The maximum absolute atomic E-state index is 15.1. The van der Waals surface area contributed by atoms with Gasteiger partial charge in [0, 0.05) is 28.2 Å². The van der Waals surface area contributed by atoms with Gasteiger partial charge in [-0.1, -0.05) is 65.9 Å². The molecular formula is C31H29FN4O2S. The fraction of sp³-hybridized carbons (Fsp3) is 0.194. The van der Waals surface area contributed by atoms with Gasteiger partial charge >= 0.3 is 0 Å². The van der Waals surface area contributed by atoms with E-state index in [0.717, 1.165) is 34.1 Å². The number of halogens is 1. The lowest BCUT2D eigenvalue weighted by atomic mass is 9.82. The van der Waals surface area contributed by atoms with E-state index >= 15 is 4.39 Å². The number of nitrogens with zero attached hydrogens (tertiary/aromatic N) is 1. The molecule has 1 atom stereocenters. The topological polar surface area (TPSA) is 94.0 Å². The second-order valence-corrected chi connectivity index (χ2v) is 10.4. The first-order chi connectivity index (χ1) is 18.7. The highest BCUT2D eigenvalue weighted by molar-refractivity contribution is 8.03. The minimum absolute atomic E-state index is 0.0170. The van der Waals surface area contributed by atoms with Crippen LogP contribution >= 0.6 is 11.8 Å². The number of thioether (sulfide) groups is 1. The minimum atomic E-state index is -0.951. The molecule has 1 heterocycles. The molecule has 0 aliphatic carbocycles. The predicted molar refractivity (Wildman–Crippen MR) is 154 cm³/mol. The Bertz CT molecular complexity index is 1520. The SMILES string of the molecule is CC1=C(C(=O)Nc2ccccc2)[C@H](c2ccccc2F)C(C#N)=C(SCC(=O)Nc2c(C)cc(C)cc2C)N1. The van der Waals surface area contributed by atoms with Gasteiger partial charge in [0.15, 0.2) is 0 Å². The molecule has 0 fully saturated rings. The lowest BCUT2D eigenvalue weighted by molar-refractivity contribution is -0.114. The van der Waals surface area contributed by atoms with E-state index in [1.807, 2.05) is 39.0 Å². The third-order valence-electron chi connectivity index (χ3n) is 6.43. The number of allylic oxidation sites excluding steroid dienone is 2. The van der Waals surface area contributed by atoms with Crippen LogP contribution in [0.3, 0.4) is 0 Å². The van der Waals surface area contributed by atoms with Crippen molar-refractivity contribution in [1.82, 2.24) is 5.32 Å². The van der Waals surface area contributed by atoms with Gasteiger partial charge in [0.2, 0.25) is 5.91 Å². The average Bonchev–Trinajstić information content (AvgIpc) is 2.90. The van der Waals surface area contributed by atoms with Crippen molar-refractivity contribution < 1.29 is 14.0 Å². The molecule has 1 aliphatic heterocycles. The Morgan fingerprint density at radius 3 is 2.26 bits per heavy atom. The third kappa shape index (κ3) is 6.21. The van der Waals surface area contributed by atoms with Crippen LogP contribution in [0.25, 0.3) is 0 Å². The molecule has 4 rings (SSSR count). The van der Waals surface area contributed by atoms with Crippen molar-refractivity contribution in [3.8, 4) is 6.07 Å². The van der Waals surface area contributed by atoms with Gasteiger partial charge in [0.25, 0.3) is 5.91 Å². The molecule has 0 aromatic heterocycles. The van der Waals surface area contributed by atoms with Crippen molar-refractivity contribution in [2.24, 2.45) is 0 Å². The molecule has 0 saturated heterocycles. The van der Waals surface area contributed by atoms with Crippen molar-refractivity contribution in [2.45, 2.75) is 33.6 Å². The molecular weight excluding hydrogens is 511 g/mol. The van der Waals surface area contributed by atoms with Crippen LogP contribution in [0.1, 0.15) is 35.1 Å². The highest BCUT2D eigenvalue weighted by atomic mass is 32.2. The minimum Gasteiger partial charge on any atom is -0.353 e. The normalized spacial score (nSPS) is 14.9. The number of aryl methyl sites for hydroxylation is 3. The number of para-hydroxylation sites is 1. The summed E-state index contributed by atoms with van der Waals surface area (Å²) in [4.78, 5) is 26.4. The molecule has 39 heavy (non-hydrogen) atoms. The van der Waals surface area contributed by atoms with Gasteiger partial charge in [0.05, 0.1) is 28.3 Å². The largest absolute Gasteiger partial charge is 0.353 e. The molecule has 0 spiro atoms. The number of hydrogen-bond donors (Lipinski definition) is 3. The van der Waals surface area contributed by atoms with Crippen LogP contribution in [0.4, 0.5) is 15.8 Å². The second kappa shape index (κ2) is 12.0. The monoisotopic (exact) mass is 540 g/mol. The van der Waals surface area contributed by atoms with Crippen LogP contribution in [0, 0.1) is 37.9 Å². The Morgan fingerprint density at radius 1 is 0.974 bits per heavy atom. The van der Waals surface area contributed by atoms with E-state index < -0.39 is 17.6 Å². The van der Waals surface area contributed by atoms with Gasteiger partial charge in [-0.25, -0.2) is 4.39 Å². The number of anilines is 2. The van der Waals surface area contributed by atoms with Gasteiger partial charge in [-0.3, -0.25) is 9.59 Å². The summed E-state index contributed by atoms with van der Waals surface area (Å²) in [5.41, 5.74) is 5.47. The summed E-state index contributed by atoms with van der Waals surface area (Å²) in [7, 11) is 0. The Balaban J connectivity index is 1.64. The van der Waals surface area contributed by atoms with Crippen LogP contribution < -0.4 is 16.0 Å². The molecule has 3 N–H and O–H groups in total. The van der Waals surface area contributed by atoms with E-state index in [0.29, 0.717) is 16.4 Å². The molecule has 198 valence electrons. The van der Waals surface area contributed by atoms with Crippen LogP contribution in [-0.4, -0.2) is 17.6 Å². The number of carbonyl (C=O) groups excluding carboxylic acids is 2. The molecule has 3 aromatic rings. The number of rotatable bonds is 7. The summed E-state index contributed by atoms with van der Waals surface area (Å²) >= 11 is 1.14. The van der Waals surface area contributed by atoms with Crippen molar-refractivity contribution in [1.29, 1.82) is 5.26 Å². The Hall–Kier alpha value is -4.35. The smallest absolute Gasteiger partial charge is 0.254 e. The van der Waals surface area contributed by atoms with Crippen molar-refractivity contribution in [3.63, 3.8) is 0 Å². The molecule has 0 radical (unpaired) electrons. The molecule has 0 saturated carbocycles. The molecule has 0 bridgehead atoms. The quantitative estimate of drug-likeness (QED) is 0.320. The number of dihydropyridines is 1. The van der Waals surface area contributed by atoms with Crippen molar-refractivity contribution in [2.75, 3.05) is 16.4 Å². The fourth-order valence-corrected chi connectivity index (χ4v) is 5.65. The number of carbonyl (C=O) groups is 2. The number of amides is 2. The first kappa shape index (κ1) is 27.7. The van der Waals surface area contributed by atoms with E-state index in [4.69, 9.17) is 0 Å². The first-order valence-corrected chi connectivity index (χ1v) is 13.4. The molecule has 3 aromatic carbocycles. The Morgan fingerprint density at radius 2 is 1.62 bits per heavy atom. The van der Waals surface area contributed by atoms with Gasteiger partial charge in [-0.05, 0) is 57.0 Å². The van der Waals surface area contributed by atoms with Crippen LogP contribution in [0.5, 0.6) is 0 Å². The maximum atomic E-state index is 15.1. The standard InChI is InChI=1S/C31H29FN4O2S/c1-18-14-19(2)29(20(3)15-18)36-26(37)17-39-31-24(16-33)28(23-12-8-9-13-25(23)32)27(21(4)34-31)30(38)35-22-10-6-5-7-11-22/h5-15,28,34H,17H2,1-4H3,(H,35,38)(H,36,37)/t28-/m1/s1. The zero-order chi connectivity index (χ0) is 28.1. The molecule has 6 nitrogen and oxygen atoms in total. The second-order valence-electron chi connectivity index (χ2n) is 9.40. The lowest BCUT2D eigenvalue weighted by Gasteiger charge is -2.30. The Labute approximate surface area is 232 Å². The maximum Gasteiger partial charge on any atom is 0.254 e. The van der Waals surface area contributed by atoms with Crippen molar-refractivity contribution in [3.05, 3.63) is 117 Å². The van der Waals surface area contributed by atoms with Crippen LogP contribution in [0.15, 0.2) is 88.6 Å². The predicted octanol–water partition coefficient (Wildman–Crippen LogP) is 6.46. The zero-order valence-corrected chi connectivity index (χ0v) is 23.0. The van der Waals surface area contributed by atoms with Gasteiger partial charge in [-0.2, -0.15) is 5.26 Å². The molecule has 0 unspecified atom stereocenters. The van der Waals surface area contributed by atoms with E-state index in [1.165, 1.54) is 6.07 Å². The van der Waals surface area contributed by atoms with Crippen LogP contribution in [0.2, 0.25) is 0 Å². The summed E-state index contributed by atoms with van der Waals surface area (Å²) in [6.07, 6.45) is 0. The number of nitrogens with one attached hydrogen (secondary N) is 3.